The molecule has 1 nitrogen and oxygen atoms in total. The van der Waals surface area contributed by atoms with E-state index in [1.807, 2.05) is 0 Å². The van der Waals surface area contributed by atoms with Gasteiger partial charge in [0, 0.05) is 6.42 Å². The fraction of sp³-hybridized carbons (Fsp3) is 0.900. The van der Waals surface area contributed by atoms with Crippen LogP contribution in [0.15, 0.2) is 0 Å². The van der Waals surface area contributed by atoms with Gasteiger partial charge in [0.1, 0.15) is 0 Å². The van der Waals surface area contributed by atoms with Crippen molar-refractivity contribution in [3.8, 4) is 0 Å². The Bertz CT molecular complexity index is 123. The third kappa shape index (κ3) is 6.59. The van der Waals surface area contributed by atoms with Gasteiger partial charge in [0.05, 0.1) is 0 Å². The molecule has 0 fully saturated rings. The summed E-state index contributed by atoms with van der Waals surface area (Å²) >= 11 is 4.67. The van der Waals surface area contributed by atoms with Gasteiger partial charge in [-0.1, -0.05) is 39.5 Å². The fourth-order valence-electron chi connectivity index (χ4n) is 1.38. The number of aliphatic hydroxyl groups is 1. The lowest BCUT2D eigenvalue weighted by molar-refractivity contribution is 0.429. The number of unbranched alkanes of at least 4 members (excludes halogenated alkanes) is 2. The number of rotatable bonds is 7. The molecule has 2 heteroatoms. The highest BCUT2D eigenvalue weighted by Crippen LogP contribution is 2.17. The summed E-state index contributed by atoms with van der Waals surface area (Å²) in [6, 6.07) is 0. The van der Waals surface area contributed by atoms with Crippen molar-refractivity contribution in [2.45, 2.75) is 52.4 Å². The summed E-state index contributed by atoms with van der Waals surface area (Å²) in [6.45, 7) is 4.37. The van der Waals surface area contributed by atoms with E-state index in [-0.39, 0.29) is 5.05 Å². The lowest BCUT2D eigenvalue weighted by Crippen LogP contribution is -2.05. The molecule has 0 aromatic rings. The van der Waals surface area contributed by atoms with Gasteiger partial charge in [0.25, 0.3) is 0 Å². The first-order chi connectivity index (χ1) is 5.70. The summed E-state index contributed by atoms with van der Waals surface area (Å²) in [5, 5.41) is 9.12. The minimum absolute atomic E-state index is 0.179. The fourth-order valence-corrected chi connectivity index (χ4v) is 1.62. The summed E-state index contributed by atoms with van der Waals surface area (Å²) in [7, 11) is 0. The Morgan fingerprint density at radius 2 is 2.00 bits per heavy atom. The molecular formula is C10H20OS. The molecule has 1 atom stereocenters. The van der Waals surface area contributed by atoms with Gasteiger partial charge < -0.3 is 5.11 Å². The van der Waals surface area contributed by atoms with E-state index in [0.717, 1.165) is 12.8 Å². The van der Waals surface area contributed by atoms with Crippen LogP contribution >= 0.6 is 12.2 Å². The van der Waals surface area contributed by atoms with Crippen LogP contribution in [-0.4, -0.2) is 10.2 Å². The first-order valence-electron chi connectivity index (χ1n) is 4.92. The zero-order valence-electron chi connectivity index (χ0n) is 8.18. The second kappa shape index (κ2) is 7.53. The second-order valence-corrected chi connectivity index (χ2v) is 3.84. The SMILES string of the molecule is CCCCCC(CC)CC(O)=S. The molecule has 0 aromatic heterocycles. The van der Waals surface area contributed by atoms with Crippen LogP contribution in [0.2, 0.25) is 0 Å². The Kier molecular flexibility index (Phi) is 7.47. The quantitative estimate of drug-likeness (QED) is 0.483. The molecule has 1 N–H and O–H groups in total. The van der Waals surface area contributed by atoms with Gasteiger partial charge in [-0.25, -0.2) is 0 Å². The van der Waals surface area contributed by atoms with Crippen LogP contribution in [-0.2, 0) is 0 Å². The molecule has 0 bridgehead atoms. The lowest BCUT2D eigenvalue weighted by atomic mass is 9.96. The van der Waals surface area contributed by atoms with Crippen LogP contribution in [0.1, 0.15) is 52.4 Å². The predicted octanol–water partition coefficient (Wildman–Crippen LogP) is 3.87. The number of hydrogen-bond acceptors (Lipinski definition) is 1. The highest BCUT2D eigenvalue weighted by atomic mass is 32.1. The lowest BCUT2D eigenvalue weighted by Gasteiger charge is -2.12. The first kappa shape index (κ1) is 11.9. The third-order valence-electron chi connectivity index (χ3n) is 2.26. The van der Waals surface area contributed by atoms with E-state index in [2.05, 4.69) is 26.1 Å². The zero-order valence-corrected chi connectivity index (χ0v) is 8.99. The minimum Gasteiger partial charge on any atom is -0.502 e. The van der Waals surface area contributed by atoms with Gasteiger partial charge in [-0.2, -0.15) is 0 Å². The minimum atomic E-state index is 0.179. The molecule has 12 heavy (non-hydrogen) atoms. The van der Waals surface area contributed by atoms with Crippen molar-refractivity contribution in [3.63, 3.8) is 0 Å². The van der Waals surface area contributed by atoms with Crippen molar-refractivity contribution in [2.75, 3.05) is 0 Å². The molecule has 0 saturated carbocycles. The smallest absolute Gasteiger partial charge is 0.156 e. The second-order valence-electron chi connectivity index (χ2n) is 3.37. The number of thiocarbonyl (C=S) groups is 1. The van der Waals surface area contributed by atoms with Gasteiger partial charge >= 0.3 is 0 Å². The third-order valence-corrected chi connectivity index (χ3v) is 2.42. The average molecular weight is 188 g/mol. The maximum absolute atomic E-state index is 8.94. The van der Waals surface area contributed by atoms with Crippen LogP contribution in [0.4, 0.5) is 0 Å². The van der Waals surface area contributed by atoms with E-state index >= 15 is 0 Å². The Labute approximate surface area is 81.2 Å². The van der Waals surface area contributed by atoms with Crippen molar-refractivity contribution in [3.05, 3.63) is 0 Å². The van der Waals surface area contributed by atoms with Crippen LogP contribution < -0.4 is 0 Å². The van der Waals surface area contributed by atoms with Crippen LogP contribution in [0, 0.1) is 5.92 Å². The van der Waals surface area contributed by atoms with Crippen molar-refractivity contribution < 1.29 is 5.11 Å². The molecule has 1 unspecified atom stereocenters. The zero-order chi connectivity index (χ0) is 9.40. The molecule has 72 valence electrons. The Morgan fingerprint density at radius 3 is 2.42 bits per heavy atom. The molecule has 0 aliphatic heterocycles. The van der Waals surface area contributed by atoms with Gasteiger partial charge in [0.2, 0.25) is 0 Å². The number of hydrogen-bond donors (Lipinski definition) is 1. The Balaban J connectivity index is 3.46. The van der Waals surface area contributed by atoms with Gasteiger partial charge in [-0.15, -0.1) is 0 Å². The molecule has 0 saturated heterocycles. The van der Waals surface area contributed by atoms with Gasteiger partial charge in [-0.05, 0) is 24.6 Å². The summed E-state index contributed by atoms with van der Waals surface area (Å²) < 4.78 is 0. The van der Waals surface area contributed by atoms with Crippen molar-refractivity contribution in [1.82, 2.24) is 0 Å². The molecule has 0 aliphatic carbocycles. The average Bonchev–Trinajstić information content (AvgIpc) is 2.02. The van der Waals surface area contributed by atoms with E-state index in [1.165, 1.54) is 25.7 Å². The monoisotopic (exact) mass is 188 g/mol. The number of aliphatic hydroxyl groups excluding tert-OH is 1. The molecule has 0 spiro atoms. The van der Waals surface area contributed by atoms with Crippen LogP contribution in [0.3, 0.4) is 0 Å². The summed E-state index contributed by atoms with van der Waals surface area (Å²) in [5.74, 6) is 0.606. The summed E-state index contributed by atoms with van der Waals surface area (Å²) in [6.07, 6.45) is 6.90. The largest absolute Gasteiger partial charge is 0.502 e. The Morgan fingerprint density at radius 1 is 1.33 bits per heavy atom. The van der Waals surface area contributed by atoms with Crippen LogP contribution in [0.25, 0.3) is 0 Å². The predicted molar refractivity (Wildman–Crippen MR) is 57.8 cm³/mol. The van der Waals surface area contributed by atoms with Gasteiger partial charge in [0.15, 0.2) is 5.05 Å². The highest BCUT2D eigenvalue weighted by molar-refractivity contribution is 7.80. The molecule has 0 heterocycles. The first-order valence-corrected chi connectivity index (χ1v) is 5.33. The van der Waals surface area contributed by atoms with E-state index in [4.69, 9.17) is 5.11 Å². The molecule has 0 aromatic carbocycles. The maximum Gasteiger partial charge on any atom is 0.156 e. The van der Waals surface area contributed by atoms with Crippen LogP contribution in [0.5, 0.6) is 0 Å². The van der Waals surface area contributed by atoms with Crippen molar-refractivity contribution >= 4 is 17.3 Å². The van der Waals surface area contributed by atoms with Crippen molar-refractivity contribution in [1.29, 1.82) is 0 Å². The highest BCUT2D eigenvalue weighted by Gasteiger charge is 2.07. The van der Waals surface area contributed by atoms with Crippen molar-refractivity contribution in [2.24, 2.45) is 5.92 Å². The molecule has 0 rings (SSSR count). The molecule has 0 radical (unpaired) electrons. The van der Waals surface area contributed by atoms with E-state index in [1.54, 1.807) is 0 Å². The topological polar surface area (TPSA) is 20.2 Å². The summed E-state index contributed by atoms with van der Waals surface area (Å²) in [4.78, 5) is 0. The van der Waals surface area contributed by atoms with E-state index in [9.17, 15) is 0 Å². The molecule has 0 aliphatic rings. The summed E-state index contributed by atoms with van der Waals surface area (Å²) in [5.41, 5.74) is 0. The van der Waals surface area contributed by atoms with E-state index < -0.39 is 0 Å². The maximum atomic E-state index is 8.94. The van der Waals surface area contributed by atoms with E-state index in [0.29, 0.717) is 5.92 Å². The molecular weight excluding hydrogens is 168 g/mol. The normalized spacial score (nSPS) is 12.8. The van der Waals surface area contributed by atoms with Gasteiger partial charge in [-0.3, -0.25) is 0 Å². The Hall–Kier alpha value is -0.110. The molecule has 0 amide bonds. The standard InChI is InChI=1S/C10H20OS/c1-3-5-6-7-9(4-2)8-10(11)12/h9H,3-8H2,1-2H3,(H,11,12).